The fourth-order valence-electron chi connectivity index (χ4n) is 1.68. The van der Waals surface area contributed by atoms with Crippen molar-refractivity contribution < 1.29 is 24.6 Å². The molecule has 3 N–H and O–H groups in total. The number of aromatic nitrogens is 2. The highest BCUT2D eigenvalue weighted by Crippen LogP contribution is 2.27. The van der Waals surface area contributed by atoms with Gasteiger partial charge in [-0.2, -0.15) is 0 Å². The number of carbonyl (C=O) groups is 3. The molecule has 24 heavy (non-hydrogen) atoms. The maximum atomic E-state index is 12.1. The van der Waals surface area contributed by atoms with Crippen LogP contribution in [0.4, 0.5) is 26.9 Å². The first-order valence-electron chi connectivity index (χ1n) is 6.45. The Morgan fingerprint density at radius 3 is 2.33 bits per heavy atom. The summed E-state index contributed by atoms with van der Waals surface area (Å²) < 4.78 is 0. The Hall–Kier alpha value is -3.21. The standard InChI is InChI=1S/C13H13N5O5S/c1-17(12(20)21)9-4-3-7(10(16-9)18(2)13(22)23)15-11(19)8-5-24-6-14-8/h3-6H,1-2H3,(H,15,19)(H,20,21)(H,22,23). The molecule has 0 unspecified atom stereocenters. The number of carbonyl (C=O) groups excluding carboxylic acids is 1. The summed E-state index contributed by atoms with van der Waals surface area (Å²) in [5.41, 5.74) is 1.78. The molecule has 0 atom stereocenters. The van der Waals surface area contributed by atoms with E-state index in [1.165, 1.54) is 48.5 Å². The van der Waals surface area contributed by atoms with Gasteiger partial charge < -0.3 is 15.5 Å². The van der Waals surface area contributed by atoms with Crippen molar-refractivity contribution in [1.82, 2.24) is 9.97 Å². The molecule has 0 saturated carbocycles. The number of carboxylic acid groups (broad SMARTS) is 2. The minimum atomic E-state index is -1.32. The lowest BCUT2D eigenvalue weighted by molar-refractivity contribution is 0.102. The van der Waals surface area contributed by atoms with Crippen LogP contribution in [0, 0.1) is 0 Å². The molecule has 2 rings (SSSR count). The highest BCUT2D eigenvalue weighted by Gasteiger charge is 2.20. The molecule has 0 aliphatic carbocycles. The zero-order valence-electron chi connectivity index (χ0n) is 12.6. The zero-order valence-corrected chi connectivity index (χ0v) is 13.4. The molecule has 0 aliphatic rings. The van der Waals surface area contributed by atoms with Crippen molar-refractivity contribution in [3.63, 3.8) is 0 Å². The van der Waals surface area contributed by atoms with Gasteiger partial charge in [0.05, 0.1) is 11.2 Å². The van der Waals surface area contributed by atoms with Crippen LogP contribution in [0.2, 0.25) is 0 Å². The van der Waals surface area contributed by atoms with Gasteiger partial charge >= 0.3 is 12.2 Å². The van der Waals surface area contributed by atoms with E-state index >= 15 is 0 Å². The van der Waals surface area contributed by atoms with Crippen LogP contribution in [0.15, 0.2) is 23.0 Å². The summed E-state index contributed by atoms with van der Waals surface area (Å²) >= 11 is 1.24. The number of nitrogens with one attached hydrogen (secondary N) is 1. The molecule has 0 saturated heterocycles. The minimum absolute atomic E-state index is 0.0113. The second kappa shape index (κ2) is 6.91. The molecule has 0 radical (unpaired) electrons. The van der Waals surface area contributed by atoms with E-state index in [1.54, 1.807) is 0 Å². The summed E-state index contributed by atoms with van der Waals surface area (Å²) in [6.45, 7) is 0. The molecule has 2 aromatic rings. The van der Waals surface area contributed by atoms with Crippen molar-refractivity contribution in [2.45, 2.75) is 0 Å². The second-order valence-corrected chi connectivity index (χ2v) is 5.27. The van der Waals surface area contributed by atoms with Crippen molar-refractivity contribution in [1.29, 1.82) is 0 Å². The maximum Gasteiger partial charge on any atom is 0.412 e. The maximum absolute atomic E-state index is 12.1. The lowest BCUT2D eigenvalue weighted by Crippen LogP contribution is -2.29. The number of rotatable bonds is 4. The fourth-order valence-corrected chi connectivity index (χ4v) is 2.21. The van der Waals surface area contributed by atoms with Gasteiger partial charge in [0.1, 0.15) is 11.5 Å². The first-order chi connectivity index (χ1) is 11.3. The van der Waals surface area contributed by atoms with E-state index in [-0.39, 0.29) is 23.0 Å². The number of hydrogen-bond donors (Lipinski definition) is 3. The third-order valence-corrected chi connectivity index (χ3v) is 3.60. The Kier molecular flexibility index (Phi) is 4.94. The minimum Gasteiger partial charge on any atom is -0.465 e. The summed E-state index contributed by atoms with van der Waals surface area (Å²) in [6.07, 6.45) is -2.58. The molecule has 126 valence electrons. The van der Waals surface area contributed by atoms with Gasteiger partial charge in [-0.25, -0.2) is 19.6 Å². The first kappa shape index (κ1) is 17.1. The van der Waals surface area contributed by atoms with E-state index in [9.17, 15) is 14.4 Å². The molecule has 0 bridgehead atoms. The SMILES string of the molecule is CN(C(=O)O)c1ccc(NC(=O)c2cscn2)c(N(C)C(=O)O)n1. The van der Waals surface area contributed by atoms with Crippen LogP contribution < -0.4 is 15.1 Å². The van der Waals surface area contributed by atoms with Gasteiger partial charge in [-0.05, 0) is 12.1 Å². The summed E-state index contributed by atoms with van der Waals surface area (Å²) in [6, 6.07) is 2.73. The van der Waals surface area contributed by atoms with Crippen LogP contribution in [0.3, 0.4) is 0 Å². The van der Waals surface area contributed by atoms with Gasteiger partial charge in [0.25, 0.3) is 5.91 Å². The highest BCUT2D eigenvalue weighted by molar-refractivity contribution is 7.07. The van der Waals surface area contributed by atoms with Crippen molar-refractivity contribution in [2.75, 3.05) is 29.2 Å². The Morgan fingerprint density at radius 2 is 1.79 bits per heavy atom. The quantitative estimate of drug-likeness (QED) is 0.766. The molecular formula is C13H13N5O5S. The Labute approximate surface area is 140 Å². The van der Waals surface area contributed by atoms with E-state index in [0.717, 1.165) is 9.80 Å². The van der Waals surface area contributed by atoms with E-state index < -0.39 is 18.1 Å². The van der Waals surface area contributed by atoms with Gasteiger partial charge in [0.2, 0.25) is 0 Å². The third kappa shape index (κ3) is 3.57. The molecule has 11 heteroatoms. The summed E-state index contributed by atoms with van der Waals surface area (Å²) in [5, 5.41) is 22.2. The van der Waals surface area contributed by atoms with Gasteiger partial charge in [0.15, 0.2) is 5.82 Å². The van der Waals surface area contributed by atoms with Crippen LogP contribution in [0.25, 0.3) is 0 Å². The third-order valence-electron chi connectivity index (χ3n) is 3.01. The van der Waals surface area contributed by atoms with Crippen molar-refractivity contribution in [3.05, 3.63) is 28.7 Å². The molecule has 2 heterocycles. The molecular weight excluding hydrogens is 338 g/mol. The lowest BCUT2D eigenvalue weighted by Gasteiger charge is -2.20. The molecule has 2 aromatic heterocycles. The summed E-state index contributed by atoms with van der Waals surface area (Å²) in [4.78, 5) is 43.8. The largest absolute Gasteiger partial charge is 0.465 e. The second-order valence-electron chi connectivity index (χ2n) is 4.55. The zero-order chi connectivity index (χ0) is 17.9. The van der Waals surface area contributed by atoms with Crippen molar-refractivity contribution >= 4 is 46.8 Å². The highest BCUT2D eigenvalue weighted by atomic mass is 32.1. The first-order valence-corrected chi connectivity index (χ1v) is 7.39. The normalized spacial score (nSPS) is 10.1. The number of anilines is 3. The molecule has 0 aromatic carbocycles. The number of nitrogens with zero attached hydrogens (tertiary/aromatic N) is 4. The Morgan fingerprint density at radius 1 is 1.12 bits per heavy atom. The van der Waals surface area contributed by atoms with E-state index in [4.69, 9.17) is 10.2 Å². The van der Waals surface area contributed by atoms with E-state index in [2.05, 4.69) is 15.3 Å². The van der Waals surface area contributed by atoms with Crippen LogP contribution in [0.5, 0.6) is 0 Å². The molecule has 0 aliphatic heterocycles. The molecule has 0 fully saturated rings. The van der Waals surface area contributed by atoms with E-state index in [1.807, 2.05) is 0 Å². The monoisotopic (exact) mass is 351 g/mol. The van der Waals surface area contributed by atoms with Crippen LogP contribution >= 0.6 is 11.3 Å². The van der Waals surface area contributed by atoms with Gasteiger partial charge in [0, 0.05) is 19.5 Å². The predicted molar refractivity (Wildman–Crippen MR) is 87.2 cm³/mol. The number of pyridine rings is 1. The van der Waals surface area contributed by atoms with Crippen LogP contribution in [-0.4, -0.2) is 52.4 Å². The summed E-state index contributed by atoms with van der Waals surface area (Å²) in [7, 11) is 2.50. The van der Waals surface area contributed by atoms with Crippen molar-refractivity contribution in [3.8, 4) is 0 Å². The Bertz CT molecular complexity index is 779. The smallest absolute Gasteiger partial charge is 0.412 e. The van der Waals surface area contributed by atoms with Gasteiger partial charge in [-0.3, -0.25) is 14.6 Å². The molecule has 3 amide bonds. The number of amides is 3. The van der Waals surface area contributed by atoms with Gasteiger partial charge in [-0.1, -0.05) is 0 Å². The van der Waals surface area contributed by atoms with Crippen molar-refractivity contribution in [2.24, 2.45) is 0 Å². The van der Waals surface area contributed by atoms with Gasteiger partial charge in [-0.15, -0.1) is 11.3 Å². The number of thiazole rings is 1. The number of hydrogen-bond acceptors (Lipinski definition) is 6. The topological polar surface area (TPSA) is 136 Å². The summed E-state index contributed by atoms with van der Waals surface area (Å²) in [5.74, 6) is -0.633. The fraction of sp³-hybridized carbons (Fsp3) is 0.154. The predicted octanol–water partition coefficient (Wildman–Crippen LogP) is 2.02. The average molecular weight is 351 g/mol. The molecule has 0 spiro atoms. The lowest BCUT2D eigenvalue weighted by atomic mass is 10.3. The van der Waals surface area contributed by atoms with Crippen LogP contribution in [-0.2, 0) is 0 Å². The molecule has 10 nitrogen and oxygen atoms in total. The Balaban J connectivity index is 2.40. The van der Waals surface area contributed by atoms with Crippen LogP contribution in [0.1, 0.15) is 10.5 Å². The average Bonchev–Trinajstić information content (AvgIpc) is 3.08. The van der Waals surface area contributed by atoms with E-state index in [0.29, 0.717) is 0 Å².